The Bertz CT molecular complexity index is 778. The summed E-state index contributed by atoms with van der Waals surface area (Å²) in [5.74, 6) is 0.683. The lowest BCUT2D eigenvalue weighted by Gasteiger charge is -2.08. The van der Waals surface area contributed by atoms with E-state index in [1.165, 1.54) is 5.56 Å². The summed E-state index contributed by atoms with van der Waals surface area (Å²) in [5, 5.41) is 2.84. The fraction of sp³-hybridized carbons (Fsp3) is 0.176. The molecule has 0 aliphatic heterocycles. The van der Waals surface area contributed by atoms with Gasteiger partial charge in [0.05, 0.1) is 23.9 Å². The highest BCUT2D eigenvalue weighted by atomic mass is 16.5. The molecule has 0 atom stereocenters. The van der Waals surface area contributed by atoms with Crippen LogP contribution in [0.1, 0.15) is 15.9 Å². The van der Waals surface area contributed by atoms with E-state index in [-0.39, 0.29) is 5.91 Å². The van der Waals surface area contributed by atoms with Crippen LogP contribution < -0.4 is 10.1 Å². The quantitative estimate of drug-likeness (QED) is 0.711. The average molecular weight is 295 g/mol. The number of hydrogen-bond donors (Lipinski definition) is 2. The second kappa shape index (κ2) is 6.30. The number of fused-ring (bicyclic) bond motifs is 1. The van der Waals surface area contributed by atoms with Crippen molar-refractivity contribution in [3.8, 4) is 5.75 Å². The summed E-state index contributed by atoms with van der Waals surface area (Å²) in [7, 11) is 0. The van der Waals surface area contributed by atoms with Gasteiger partial charge in [0.25, 0.3) is 5.91 Å². The third kappa shape index (κ3) is 3.25. The van der Waals surface area contributed by atoms with Gasteiger partial charge >= 0.3 is 0 Å². The normalized spacial score (nSPS) is 10.6. The summed E-state index contributed by atoms with van der Waals surface area (Å²) in [6.07, 6.45) is 1.61. The maximum absolute atomic E-state index is 12.1. The van der Waals surface area contributed by atoms with Crippen LogP contribution in [0, 0.1) is 6.92 Å². The van der Waals surface area contributed by atoms with Gasteiger partial charge in [-0.25, -0.2) is 4.98 Å². The molecule has 0 fully saturated rings. The zero-order chi connectivity index (χ0) is 15.4. The van der Waals surface area contributed by atoms with E-state index in [1.807, 2.05) is 37.3 Å². The van der Waals surface area contributed by atoms with Crippen molar-refractivity contribution in [1.82, 2.24) is 15.3 Å². The van der Waals surface area contributed by atoms with Gasteiger partial charge in [-0.15, -0.1) is 0 Å². The molecule has 0 aliphatic rings. The summed E-state index contributed by atoms with van der Waals surface area (Å²) in [6.45, 7) is 2.91. The number of hydrogen-bond acceptors (Lipinski definition) is 3. The molecule has 0 saturated heterocycles. The monoisotopic (exact) mass is 295 g/mol. The van der Waals surface area contributed by atoms with E-state index in [4.69, 9.17) is 4.74 Å². The fourth-order valence-electron chi connectivity index (χ4n) is 2.15. The van der Waals surface area contributed by atoms with Crippen LogP contribution in [0.3, 0.4) is 0 Å². The van der Waals surface area contributed by atoms with Crippen molar-refractivity contribution < 1.29 is 9.53 Å². The van der Waals surface area contributed by atoms with Gasteiger partial charge in [-0.1, -0.05) is 17.7 Å². The van der Waals surface area contributed by atoms with Crippen LogP contribution in [-0.2, 0) is 0 Å². The Morgan fingerprint density at radius 1 is 1.23 bits per heavy atom. The number of H-pyrrole nitrogens is 1. The Kier molecular flexibility index (Phi) is 4.05. The van der Waals surface area contributed by atoms with Crippen LogP contribution in [0.2, 0.25) is 0 Å². The van der Waals surface area contributed by atoms with Gasteiger partial charge in [0.15, 0.2) is 0 Å². The van der Waals surface area contributed by atoms with Crippen molar-refractivity contribution in [1.29, 1.82) is 0 Å². The highest BCUT2D eigenvalue weighted by molar-refractivity contribution is 5.97. The topological polar surface area (TPSA) is 67.0 Å². The van der Waals surface area contributed by atoms with E-state index in [2.05, 4.69) is 15.3 Å². The maximum atomic E-state index is 12.1. The minimum absolute atomic E-state index is 0.121. The summed E-state index contributed by atoms with van der Waals surface area (Å²) >= 11 is 0. The SMILES string of the molecule is Cc1ccc(OCCNC(=O)c2ccc3nc[nH]c3c2)cc1. The van der Waals surface area contributed by atoms with Crippen molar-refractivity contribution in [2.24, 2.45) is 0 Å². The van der Waals surface area contributed by atoms with Gasteiger partial charge in [0.1, 0.15) is 12.4 Å². The van der Waals surface area contributed by atoms with Crippen molar-refractivity contribution in [3.05, 3.63) is 59.9 Å². The maximum Gasteiger partial charge on any atom is 0.251 e. The molecule has 2 aromatic carbocycles. The lowest BCUT2D eigenvalue weighted by molar-refractivity contribution is 0.0947. The number of nitrogens with one attached hydrogen (secondary N) is 2. The van der Waals surface area contributed by atoms with Gasteiger partial charge < -0.3 is 15.0 Å². The molecule has 0 bridgehead atoms. The number of amides is 1. The minimum Gasteiger partial charge on any atom is -0.492 e. The Morgan fingerprint density at radius 3 is 2.86 bits per heavy atom. The molecule has 1 amide bonds. The van der Waals surface area contributed by atoms with Crippen molar-refractivity contribution in [2.75, 3.05) is 13.2 Å². The zero-order valence-electron chi connectivity index (χ0n) is 12.3. The molecule has 0 spiro atoms. The second-order valence-corrected chi connectivity index (χ2v) is 5.05. The highest BCUT2D eigenvalue weighted by Gasteiger charge is 2.06. The molecule has 0 unspecified atom stereocenters. The largest absolute Gasteiger partial charge is 0.492 e. The predicted octanol–water partition coefficient (Wildman–Crippen LogP) is 2.68. The molecular formula is C17H17N3O2. The van der Waals surface area contributed by atoms with Crippen molar-refractivity contribution >= 4 is 16.9 Å². The Balaban J connectivity index is 1.50. The van der Waals surface area contributed by atoms with Crippen LogP contribution >= 0.6 is 0 Å². The number of nitrogens with zero attached hydrogens (tertiary/aromatic N) is 1. The van der Waals surface area contributed by atoms with Gasteiger partial charge in [-0.2, -0.15) is 0 Å². The van der Waals surface area contributed by atoms with Crippen molar-refractivity contribution in [3.63, 3.8) is 0 Å². The van der Waals surface area contributed by atoms with E-state index in [0.29, 0.717) is 18.7 Å². The van der Waals surface area contributed by atoms with E-state index in [0.717, 1.165) is 16.8 Å². The fourth-order valence-corrected chi connectivity index (χ4v) is 2.15. The van der Waals surface area contributed by atoms with Gasteiger partial charge in [-0.05, 0) is 37.3 Å². The number of aromatic amines is 1. The number of benzene rings is 2. The first-order valence-electron chi connectivity index (χ1n) is 7.13. The summed E-state index contributed by atoms with van der Waals surface area (Å²) in [6, 6.07) is 13.2. The number of rotatable bonds is 5. The number of ether oxygens (including phenoxy) is 1. The molecule has 1 heterocycles. The molecule has 22 heavy (non-hydrogen) atoms. The van der Waals surface area contributed by atoms with Crippen LogP contribution in [0.15, 0.2) is 48.8 Å². The first-order valence-corrected chi connectivity index (χ1v) is 7.13. The average Bonchev–Trinajstić information content (AvgIpc) is 3.00. The molecule has 5 heteroatoms. The smallest absolute Gasteiger partial charge is 0.251 e. The van der Waals surface area contributed by atoms with Crippen molar-refractivity contribution in [2.45, 2.75) is 6.92 Å². The summed E-state index contributed by atoms with van der Waals surface area (Å²) in [5.41, 5.74) is 3.49. The molecule has 112 valence electrons. The van der Waals surface area contributed by atoms with Crippen LogP contribution in [-0.4, -0.2) is 29.0 Å². The first-order chi connectivity index (χ1) is 10.7. The standard InChI is InChI=1S/C17H17N3O2/c1-12-2-5-14(6-3-12)22-9-8-18-17(21)13-4-7-15-16(10-13)20-11-19-15/h2-7,10-11H,8-9H2,1H3,(H,18,21)(H,19,20). The molecule has 2 N–H and O–H groups in total. The molecule has 3 rings (SSSR count). The second-order valence-electron chi connectivity index (χ2n) is 5.05. The Labute approximate surface area is 128 Å². The highest BCUT2D eigenvalue weighted by Crippen LogP contribution is 2.12. The number of aryl methyl sites for hydroxylation is 1. The van der Waals surface area contributed by atoms with Crippen LogP contribution in [0.25, 0.3) is 11.0 Å². The van der Waals surface area contributed by atoms with E-state index >= 15 is 0 Å². The molecule has 3 aromatic rings. The van der Waals surface area contributed by atoms with Gasteiger partial charge in [0.2, 0.25) is 0 Å². The number of aromatic nitrogens is 2. The predicted molar refractivity (Wildman–Crippen MR) is 85.1 cm³/mol. The number of carbonyl (C=O) groups is 1. The Morgan fingerprint density at radius 2 is 2.05 bits per heavy atom. The number of imidazole rings is 1. The lowest BCUT2D eigenvalue weighted by Crippen LogP contribution is -2.28. The van der Waals surface area contributed by atoms with Gasteiger partial charge in [0, 0.05) is 5.56 Å². The lowest BCUT2D eigenvalue weighted by atomic mass is 10.2. The first kappa shape index (κ1) is 14.1. The molecule has 1 aromatic heterocycles. The zero-order valence-corrected chi connectivity index (χ0v) is 12.3. The third-order valence-corrected chi connectivity index (χ3v) is 3.36. The third-order valence-electron chi connectivity index (χ3n) is 3.36. The van der Waals surface area contributed by atoms with Gasteiger partial charge in [-0.3, -0.25) is 4.79 Å². The van der Waals surface area contributed by atoms with E-state index < -0.39 is 0 Å². The molecule has 0 radical (unpaired) electrons. The van der Waals surface area contributed by atoms with Crippen LogP contribution in [0.4, 0.5) is 0 Å². The number of carbonyl (C=O) groups excluding carboxylic acids is 1. The van der Waals surface area contributed by atoms with Crippen LogP contribution in [0.5, 0.6) is 5.75 Å². The minimum atomic E-state index is -0.121. The van der Waals surface area contributed by atoms with E-state index in [1.54, 1.807) is 18.5 Å². The molecular weight excluding hydrogens is 278 g/mol. The summed E-state index contributed by atoms with van der Waals surface area (Å²) < 4.78 is 5.57. The molecule has 0 aliphatic carbocycles. The Hall–Kier alpha value is -2.82. The molecule has 5 nitrogen and oxygen atoms in total. The molecule has 0 saturated carbocycles. The summed E-state index contributed by atoms with van der Waals surface area (Å²) in [4.78, 5) is 19.2. The van der Waals surface area contributed by atoms with E-state index in [9.17, 15) is 4.79 Å².